The summed E-state index contributed by atoms with van der Waals surface area (Å²) in [4.78, 5) is 0. The summed E-state index contributed by atoms with van der Waals surface area (Å²) >= 11 is 3.54. The summed E-state index contributed by atoms with van der Waals surface area (Å²) in [6.07, 6.45) is 0. The molecule has 0 saturated heterocycles. The molecule has 0 atom stereocenters. The third-order valence-corrected chi connectivity index (χ3v) is 2.89. The van der Waals surface area contributed by atoms with E-state index in [4.69, 9.17) is 0 Å². The van der Waals surface area contributed by atoms with Gasteiger partial charge in [0.15, 0.2) is 0 Å². The number of benzene rings is 1. The fourth-order valence-corrected chi connectivity index (χ4v) is 1.44. The maximum Gasteiger partial charge on any atom is 0.0207 e. The van der Waals surface area contributed by atoms with Crippen LogP contribution in [0.25, 0.3) is 0 Å². The Kier molecular flexibility index (Phi) is 5.43. The van der Waals surface area contributed by atoms with Gasteiger partial charge in [-0.3, -0.25) is 0 Å². The lowest BCUT2D eigenvalue weighted by atomic mass is 9.87. The van der Waals surface area contributed by atoms with Crippen molar-refractivity contribution in [2.75, 3.05) is 0 Å². The van der Waals surface area contributed by atoms with Crippen LogP contribution in [0.5, 0.6) is 0 Å². The van der Waals surface area contributed by atoms with E-state index in [2.05, 4.69) is 61.8 Å². The number of hydrogen-bond acceptors (Lipinski definition) is 0. The van der Waals surface area contributed by atoms with Gasteiger partial charge in [0.1, 0.15) is 0 Å². The molecule has 1 heteroatoms. The molecule has 0 unspecified atom stereocenters. The van der Waals surface area contributed by atoms with Crippen molar-refractivity contribution in [3.8, 4) is 0 Å². The molecule has 0 aliphatic heterocycles. The first-order valence-electron chi connectivity index (χ1n) is 5.18. The molecule has 0 amide bonds. The summed E-state index contributed by atoms with van der Waals surface area (Å²) in [6.45, 7) is 12.8. The van der Waals surface area contributed by atoms with Crippen molar-refractivity contribution in [1.82, 2.24) is 0 Å². The van der Waals surface area contributed by atoms with E-state index in [-0.39, 0.29) is 5.41 Å². The minimum atomic E-state index is 0.246. The Morgan fingerprint density at radius 3 is 1.93 bits per heavy atom. The van der Waals surface area contributed by atoms with Gasteiger partial charge in [-0.1, -0.05) is 62.7 Å². The highest BCUT2D eigenvalue weighted by atomic mass is 79.9. The third kappa shape index (κ3) is 3.83. The van der Waals surface area contributed by atoms with E-state index in [9.17, 15) is 0 Å². The van der Waals surface area contributed by atoms with Crippen LogP contribution in [0.4, 0.5) is 0 Å². The normalized spacial score (nSPS) is 10.5. The van der Waals surface area contributed by atoms with Gasteiger partial charge in [0.25, 0.3) is 0 Å². The first-order valence-corrected chi connectivity index (χ1v) is 5.97. The van der Waals surface area contributed by atoms with E-state index < -0.39 is 0 Å². The van der Waals surface area contributed by atoms with Gasteiger partial charge in [-0.25, -0.2) is 0 Å². The zero-order valence-electron chi connectivity index (χ0n) is 10.1. The molecule has 0 nitrogen and oxygen atoms in total. The van der Waals surface area contributed by atoms with Crippen LogP contribution in [0, 0.1) is 6.92 Å². The monoisotopic (exact) mass is 256 g/mol. The molecule has 80 valence electrons. The molecule has 0 saturated carbocycles. The Labute approximate surface area is 96.9 Å². The molecule has 0 aliphatic rings. The molecule has 0 bridgehead atoms. The summed E-state index contributed by atoms with van der Waals surface area (Å²) in [6, 6.07) is 6.56. The van der Waals surface area contributed by atoms with Crippen LogP contribution in [0.15, 0.2) is 22.7 Å². The average molecular weight is 257 g/mol. The van der Waals surface area contributed by atoms with Crippen molar-refractivity contribution in [2.45, 2.75) is 47.0 Å². The fraction of sp³-hybridized carbons (Fsp3) is 0.538. The van der Waals surface area contributed by atoms with Crippen LogP contribution in [0.2, 0.25) is 0 Å². The maximum atomic E-state index is 3.54. The van der Waals surface area contributed by atoms with E-state index in [1.54, 1.807) is 0 Å². The first-order chi connectivity index (χ1) is 6.41. The molecule has 1 aromatic carbocycles. The number of halogens is 1. The van der Waals surface area contributed by atoms with E-state index in [1.165, 1.54) is 15.6 Å². The molecule has 1 rings (SSSR count). The molecular formula is C13H21Br. The SMILES string of the molecule is CC.Cc1ccc(C(C)(C)C)cc1Br. The highest BCUT2D eigenvalue weighted by Gasteiger charge is 2.13. The van der Waals surface area contributed by atoms with E-state index in [0.717, 1.165) is 0 Å². The number of aryl methyl sites for hydroxylation is 1. The van der Waals surface area contributed by atoms with Gasteiger partial charge in [0.05, 0.1) is 0 Å². The summed E-state index contributed by atoms with van der Waals surface area (Å²) in [5.74, 6) is 0. The van der Waals surface area contributed by atoms with Crippen LogP contribution in [0.1, 0.15) is 45.7 Å². The average Bonchev–Trinajstić information content (AvgIpc) is 2.11. The lowest BCUT2D eigenvalue weighted by molar-refractivity contribution is 0.589. The molecule has 1 aromatic rings. The van der Waals surface area contributed by atoms with Crippen molar-refractivity contribution in [3.05, 3.63) is 33.8 Å². The third-order valence-electron chi connectivity index (χ3n) is 2.04. The van der Waals surface area contributed by atoms with Gasteiger partial charge in [-0.05, 0) is 29.5 Å². The molecule has 0 heterocycles. The predicted molar refractivity (Wildman–Crippen MR) is 68.9 cm³/mol. The highest BCUT2D eigenvalue weighted by molar-refractivity contribution is 9.10. The van der Waals surface area contributed by atoms with Crippen LogP contribution in [0.3, 0.4) is 0 Å². The molecule has 0 spiro atoms. The van der Waals surface area contributed by atoms with Crippen molar-refractivity contribution in [1.29, 1.82) is 0 Å². The predicted octanol–water partition coefficient (Wildman–Crippen LogP) is 5.08. The smallest absolute Gasteiger partial charge is 0.0207 e. The Hall–Kier alpha value is -0.300. The van der Waals surface area contributed by atoms with E-state index >= 15 is 0 Å². The molecule has 0 aromatic heterocycles. The zero-order chi connectivity index (χ0) is 11.4. The quantitative estimate of drug-likeness (QED) is 0.607. The Balaban J connectivity index is 0.000000791. The lowest BCUT2D eigenvalue weighted by Gasteiger charge is -2.19. The van der Waals surface area contributed by atoms with Gasteiger partial charge in [-0.2, -0.15) is 0 Å². The molecule has 0 radical (unpaired) electrons. The van der Waals surface area contributed by atoms with Crippen LogP contribution in [-0.2, 0) is 5.41 Å². The van der Waals surface area contributed by atoms with E-state index in [0.29, 0.717) is 0 Å². The van der Waals surface area contributed by atoms with Gasteiger partial charge < -0.3 is 0 Å². The maximum absolute atomic E-state index is 3.54. The van der Waals surface area contributed by atoms with Crippen molar-refractivity contribution < 1.29 is 0 Å². The van der Waals surface area contributed by atoms with Gasteiger partial charge in [-0.15, -0.1) is 0 Å². The molecule has 0 fully saturated rings. The fourth-order valence-electron chi connectivity index (χ4n) is 1.06. The standard InChI is InChI=1S/C11H15Br.C2H6/c1-8-5-6-9(7-10(8)12)11(2,3)4;1-2/h5-7H,1-4H3;1-2H3. The van der Waals surface area contributed by atoms with Gasteiger partial charge >= 0.3 is 0 Å². The zero-order valence-corrected chi connectivity index (χ0v) is 11.7. The largest absolute Gasteiger partial charge is 0.0683 e. The summed E-state index contributed by atoms with van der Waals surface area (Å²) < 4.78 is 1.20. The van der Waals surface area contributed by atoms with Crippen molar-refractivity contribution in [2.24, 2.45) is 0 Å². The molecule has 14 heavy (non-hydrogen) atoms. The second kappa shape index (κ2) is 5.55. The lowest BCUT2D eigenvalue weighted by Crippen LogP contribution is -2.10. The van der Waals surface area contributed by atoms with Gasteiger partial charge in [0.2, 0.25) is 0 Å². The van der Waals surface area contributed by atoms with Crippen molar-refractivity contribution in [3.63, 3.8) is 0 Å². The van der Waals surface area contributed by atoms with Crippen molar-refractivity contribution >= 4 is 15.9 Å². The second-order valence-corrected chi connectivity index (χ2v) is 5.07. The molecular weight excluding hydrogens is 236 g/mol. The first kappa shape index (κ1) is 13.7. The van der Waals surface area contributed by atoms with E-state index in [1.807, 2.05) is 13.8 Å². The summed E-state index contributed by atoms with van der Waals surface area (Å²) in [5.41, 5.74) is 2.92. The Bertz CT molecular complexity index is 282. The minimum absolute atomic E-state index is 0.246. The molecule has 0 aliphatic carbocycles. The Morgan fingerprint density at radius 1 is 1.07 bits per heavy atom. The van der Waals surface area contributed by atoms with Gasteiger partial charge in [0, 0.05) is 4.47 Å². The van der Waals surface area contributed by atoms with Crippen LogP contribution in [-0.4, -0.2) is 0 Å². The topological polar surface area (TPSA) is 0 Å². The summed E-state index contributed by atoms with van der Waals surface area (Å²) in [7, 11) is 0. The van der Waals surface area contributed by atoms with Crippen LogP contribution >= 0.6 is 15.9 Å². The number of hydrogen-bond donors (Lipinski definition) is 0. The highest BCUT2D eigenvalue weighted by Crippen LogP contribution is 2.26. The molecule has 0 N–H and O–H groups in total. The Morgan fingerprint density at radius 2 is 1.57 bits per heavy atom. The summed E-state index contributed by atoms with van der Waals surface area (Å²) in [5, 5.41) is 0. The van der Waals surface area contributed by atoms with Crippen LogP contribution < -0.4 is 0 Å². The second-order valence-electron chi connectivity index (χ2n) is 4.21. The number of rotatable bonds is 0. The minimum Gasteiger partial charge on any atom is -0.0683 e.